The summed E-state index contributed by atoms with van der Waals surface area (Å²) in [5.74, 6) is 0.169. The number of anilines is 1. The molecule has 11 nitrogen and oxygen atoms in total. The standard InChI is InChI=1S/C21H21N5O6/c1-12(13-5-3-2-4-6-13)31-20(29)30-9-15-17(27)18(28)21(10-22,32-15)16-8-7-14-19(23)24-11-25-26(14)16/h2-8,11-12,15,17-18,27-28H,9H2,1H3,(H2,23,24,25)/t12-,15+,17+,18+,21-/m0/s1. The van der Waals surface area contributed by atoms with E-state index in [0.29, 0.717) is 5.52 Å². The number of aliphatic hydroxyl groups excluding tert-OH is 2. The van der Waals surface area contributed by atoms with Crippen molar-refractivity contribution in [3.8, 4) is 6.07 Å². The van der Waals surface area contributed by atoms with E-state index in [0.717, 1.165) is 5.56 Å². The van der Waals surface area contributed by atoms with Crippen LogP contribution in [0.5, 0.6) is 0 Å². The predicted molar refractivity (Wildman–Crippen MR) is 109 cm³/mol. The fraction of sp³-hybridized carbons (Fsp3) is 0.333. The number of nitriles is 1. The molecule has 1 aromatic carbocycles. The zero-order valence-corrected chi connectivity index (χ0v) is 17.0. The molecule has 2 aromatic heterocycles. The second-order valence-corrected chi connectivity index (χ2v) is 7.33. The predicted octanol–water partition coefficient (Wildman–Crippen LogP) is 1.07. The van der Waals surface area contributed by atoms with Crippen LogP contribution in [0.4, 0.5) is 10.6 Å². The van der Waals surface area contributed by atoms with Crippen LogP contribution in [0.1, 0.15) is 24.3 Å². The SMILES string of the molecule is C[C@H](OC(=O)OC[C@H]1O[C@@](C#N)(c2ccc3c(N)ncnn23)[C@H](O)[C@@H]1O)c1ccccc1. The normalized spacial score (nSPS) is 25.9. The summed E-state index contributed by atoms with van der Waals surface area (Å²) in [6.07, 6.45) is -4.68. The van der Waals surface area contributed by atoms with Crippen molar-refractivity contribution in [2.45, 2.75) is 36.9 Å². The van der Waals surface area contributed by atoms with E-state index in [9.17, 15) is 20.3 Å². The first-order valence-electron chi connectivity index (χ1n) is 9.79. The van der Waals surface area contributed by atoms with Gasteiger partial charge in [-0.1, -0.05) is 30.3 Å². The Morgan fingerprint density at radius 2 is 2.09 bits per heavy atom. The molecule has 4 rings (SSSR count). The first-order chi connectivity index (χ1) is 15.4. The zero-order chi connectivity index (χ0) is 22.9. The molecule has 5 atom stereocenters. The number of nitrogens with two attached hydrogens (primary N) is 1. The van der Waals surface area contributed by atoms with Crippen molar-refractivity contribution in [2.75, 3.05) is 12.3 Å². The second-order valence-electron chi connectivity index (χ2n) is 7.33. The van der Waals surface area contributed by atoms with Crippen molar-refractivity contribution in [1.82, 2.24) is 14.6 Å². The number of benzene rings is 1. The van der Waals surface area contributed by atoms with Crippen LogP contribution in [-0.4, -0.2) is 55.9 Å². The van der Waals surface area contributed by atoms with Crippen LogP contribution < -0.4 is 5.73 Å². The Balaban J connectivity index is 1.48. The van der Waals surface area contributed by atoms with E-state index in [1.54, 1.807) is 25.1 Å². The molecule has 32 heavy (non-hydrogen) atoms. The van der Waals surface area contributed by atoms with Crippen molar-refractivity contribution < 1.29 is 29.2 Å². The third kappa shape index (κ3) is 3.60. The minimum absolute atomic E-state index is 0.151. The first kappa shape index (κ1) is 21.5. The molecule has 1 aliphatic heterocycles. The molecule has 0 bridgehead atoms. The molecule has 1 aliphatic rings. The summed E-state index contributed by atoms with van der Waals surface area (Å²) in [5.41, 5.74) is 5.19. The number of aliphatic hydroxyl groups is 2. The number of hydrogen-bond donors (Lipinski definition) is 3. The van der Waals surface area contributed by atoms with Crippen LogP contribution in [0.25, 0.3) is 5.52 Å². The summed E-state index contributed by atoms with van der Waals surface area (Å²) in [6.45, 7) is 1.25. The van der Waals surface area contributed by atoms with Crippen LogP contribution in [0.15, 0.2) is 48.8 Å². The Bertz CT molecular complexity index is 1160. The van der Waals surface area contributed by atoms with E-state index in [1.165, 1.54) is 16.9 Å². The van der Waals surface area contributed by atoms with Gasteiger partial charge in [0.05, 0.1) is 5.69 Å². The van der Waals surface area contributed by atoms with Gasteiger partial charge in [-0.3, -0.25) is 0 Å². The summed E-state index contributed by atoms with van der Waals surface area (Å²) in [5, 5.41) is 35.1. The summed E-state index contributed by atoms with van der Waals surface area (Å²) >= 11 is 0. The molecule has 0 spiro atoms. The van der Waals surface area contributed by atoms with Gasteiger partial charge in [0.1, 0.15) is 48.9 Å². The number of carbonyl (C=O) groups excluding carboxylic acids is 1. The van der Waals surface area contributed by atoms with Gasteiger partial charge in [0.15, 0.2) is 5.82 Å². The van der Waals surface area contributed by atoms with Crippen molar-refractivity contribution in [2.24, 2.45) is 0 Å². The molecule has 1 saturated heterocycles. The summed E-state index contributed by atoms with van der Waals surface area (Å²) in [6, 6.07) is 14.1. The minimum Gasteiger partial charge on any atom is -0.431 e. The number of carbonyl (C=O) groups is 1. The summed E-state index contributed by atoms with van der Waals surface area (Å²) < 4.78 is 17.3. The summed E-state index contributed by atoms with van der Waals surface area (Å²) in [4.78, 5) is 16.0. The molecule has 166 valence electrons. The van der Waals surface area contributed by atoms with Crippen LogP contribution >= 0.6 is 0 Å². The van der Waals surface area contributed by atoms with Crippen molar-refractivity contribution in [3.05, 3.63) is 60.0 Å². The number of aromatic nitrogens is 3. The first-order valence-corrected chi connectivity index (χ1v) is 9.79. The monoisotopic (exact) mass is 439 g/mol. The van der Waals surface area contributed by atoms with Crippen molar-refractivity contribution >= 4 is 17.5 Å². The number of hydrogen-bond acceptors (Lipinski definition) is 10. The molecule has 0 unspecified atom stereocenters. The molecule has 0 saturated carbocycles. The second kappa shape index (κ2) is 8.43. The largest absolute Gasteiger partial charge is 0.508 e. The van der Waals surface area contributed by atoms with Crippen LogP contribution in [0.2, 0.25) is 0 Å². The highest BCUT2D eigenvalue weighted by atomic mass is 16.7. The zero-order valence-electron chi connectivity index (χ0n) is 17.0. The Morgan fingerprint density at radius 3 is 2.81 bits per heavy atom. The van der Waals surface area contributed by atoms with Gasteiger partial charge in [0, 0.05) is 0 Å². The van der Waals surface area contributed by atoms with E-state index in [-0.39, 0.29) is 11.5 Å². The highest BCUT2D eigenvalue weighted by Crippen LogP contribution is 2.40. The third-order valence-electron chi connectivity index (χ3n) is 5.39. The summed E-state index contributed by atoms with van der Waals surface area (Å²) in [7, 11) is 0. The highest BCUT2D eigenvalue weighted by molar-refractivity contribution is 5.66. The quantitative estimate of drug-likeness (QED) is 0.489. The average Bonchev–Trinajstić information content (AvgIpc) is 3.34. The molecular weight excluding hydrogens is 418 g/mol. The maximum absolute atomic E-state index is 12.1. The Hall–Kier alpha value is -3.72. The Labute approximate surface area is 182 Å². The lowest BCUT2D eigenvalue weighted by molar-refractivity contribution is -0.0744. The van der Waals surface area contributed by atoms with E-state index < -0.39 is 42.8 Å². The van der Waals surface area contributed by atoms with Gasteiger partial charge >= 0.3 is 6.16 Å². The number of rotatable bonds is 5. The highest BCUT2D eigenvalue weighted by Gasteiger charge is 2.57. The molecule has 4 N–H and O–H groups in total. The maximum atomic E-state index is 12.1. The van der Waals surface area contributed by atoms with Gasteiger partial charge in [0.2, 0.25) is 5.60 Å². The smallest absolute Gasteiger partial charge is 0.431 e. The molecule has 11 heteroatoms. The number of nitrogen functional groups attached to an aromatic ring is 1. The van der Waals surface area contributed by atoms with Gasteiger partial charge in [-0.2, -0.15) is 10.4 Å². The van der Waals surface area contributed by atoms with E-state index >= 15 is 0 Å². The van der Waals surface area contributed by atoms with E-state index in [1.807, 2.05) is 24.3 Å². The maximum Gasteiger partial charge on any atom is 0.508 e. The van der Waals surface area contributed by atoms with Crippen molar-refractivity contribution in [3.63, 3.8) is 0 Å². The Kier molecular flexibility index (Phi) is 5.67. The molecule has 3 heterocycles. The van der Waals surface area contributed by atoms with Gasteiger partial charge in [-0.25, -0.2) is 14.3 Å². The molecule has 3 aromatic rings. The number of nitrogens with zero attached hydrogens (tertiary/aromatic N) is 4. The third-order valence-corrected chi connectivity index (χ3v) is 5.39. The van der Waals surface area contributed by atoms with Gasteiger partial charge < -0.3 is 30.2 Å². The fourth-order valence-corrected chi connectivity index (χ4v) is 3.67. The fourth-order valence-electron chi connectivity index (χ4n) is 3.67. The number of ether oxygens (including phenoxy) is 3. The van der Waals surface area contributed by atoms with Gasteiger partial charge in [0.25, 0.3) is 0 Å². The number of fused-ring (bicyclic) bond motifs is 1. The van der Waals surface area contributed by atoms with Crippen LogP contribution in [0.3, 0.4) is 0 Å². The lowest BCUT2D eigenvalue weighted by atomic mass is 9.92. The van der Waals surface area contributed by atoms with Crippen molar-refractivity contribution in [1.29, 1.82) is 5.26 Å². The minimum atomic E-state index is -1.97. The lowest BCUT2D eigenvalue weighted by Crippen LogP contribution is -2.41. The lowest BCUT2D eigenvalue weighted by Gasteiger charge is -2.24. The molecule has 0 amide bonds. The molecular formula is C21H21N5O6. The van der Waals surface area contributed by atoms with Gasteiger partial charge in [-0.05, 0) is 24.6 Å². The molecule has 1 fully saturated rings. The van der Waals surface area contributed by atoms with Crippen LogP contribution in [0, 0.1) is 11.3 Å². The van der Waals surface area contributed by atoms with E-state index in [4.69, 9.17) is 19.9 Å². The topological polar surface area (TPSA) is 165 Å². The Morgan fingerprint density at radius 1 is 1.34 bits per heavy atom. The molecule has 0 radical (unpaired) electrons. The molecule has 0 aliphatic carbocycles. The van der Waals surface area contributed by atoms with Gasteiger partial charge in [-0.15, -0.1) is 0 Å². The average molecular weight is 439 g/mol. The van der Waals surface area contributed by atoms with E-state index in [2.05, 4.69) is 10.1 Å². The van der Waals surface area contributed by atoms with Crippen LogP contribution in [-0.2, 0) is 19.8 Å².